The summed E-state index contributed by atoms with van der Waals surface area (Å²) in [6.45, 7) is -0.298. The van der Waals surface area contributed by atoms with Crippen molar-refractivity contribution in [1.29, 1.82) is 0 Å². The quantitative estimate of drug-likeness (QED) is 0.656. The van der Waals surface area contributed by atoms with Crippen LogP contribution in [0.15, 0.2) is 18.2 Å². The molecule has 2 amide bonds. The maximum Gasteiger partial charge on any atom is 0.265 e. The highest BCUT2D eigenvalue weighted by atomic mass is 16.5. The third kappa shape index (κ3) is 1.65. The molecule has 1 aromatic carbocycles. The molecule has 1 aliphatic rings. The molecule has 2 rings (SSSR count). The van der Waals surface area contributed by atoms with Crippen molar-refractivity contribution in [3.8, 4) is 5.75 Å². The van der Waals surface area contributed by atoms with Crippen molar-refractivity contribution in [1.82, 2.24) is 0 Å². The Bertz CT molecular complexity index is 459. The number of hydrogen-bond donors (Lipinski definition) is 2. The van der Waals surface area contributed by atoms with Gasteiger partial charge >= 0.3 is 0 Å². The zero-order chi connectivity index (χ0) is 11.7. The Labute approximate surface area is 91.8 Å². The van der Waals surface area contributed by atoms with E-state index in [1.807, 2.05) is 0 Å². The lowest BCUT2D eigenvalue weighted by Crippen LogP contribution is -2.44. The average Bonchev–Trinajstić information content (AvgIpc) is 2.22. The fourth-order valence-electron chi connectivity index (χ4n) is 1.61. The SMILES string of the molecule is NC(=O)CN1C(=O)COc2cccc(N)c21. The molecule has 0 aliphatic carbocycles. The van der Waals surface area contributed by atoms with Crippen molar-refractivity contribution in [3.05, 3.63) is 18.2 Å². The van der Waals surface area contributed by atoms with E-state index >= 15 is 0 Å². The molecule has 0 radical (unpaired) electrons. The number of ether oxygens (including phenoxy) is 1. The highest BCUT2D eigenvalue weighted by molar-refractivity contribution is 6.04. The first-order valence-corrected chi connectivity index (χ1v) is 4.69. The molecule has 0 spiro atoms. The lowest BCUT2D eigenvalue weighted by Gasteiger charge is -2.29. The van der Waals surface area contributed by atoms with Crippen molar-refractivity contribution in [2.75, 3.05) is 23.8 Å². The number of hydrogen-bond acceptors (Lipinski definition) is 4. The molecule has 1 heterocycles. The number of amides is 2. The van der Waals surface area contributed by atoms with E-state index < -0.39 is 5.91 Å². The molecule has 0 aromatic heterocycles. The summed E-state index contributed by atoms with van der Waals surface area (Å²) in [7, 11) is 0. The Kier molecular flexibility index (Phi) is 2.40. The molecule has 4 N–H and O–H groups in total. The highest BCUT2D eigenvalue weighted by Crippen LogP contribution is 2.36. The molecule has 0 atom stereocenters. The van der Waals surface area contributed by atoms with Crippen LogP contribution in [0.2, 0.25) is 0 Å². The first-order chi connectivity index (χ1) is 7.59. The van der Waals surface area contributed by atoms with Crippen LogP contribution in [0.25, 0.3) is 0 Å². The van der Waals surface area contributed by atoms with Gasteiger partial charge in [-0.1, -0.05) is 6.07 Å². The predicted octanol–water partition coefficient (Wildman–Crippen LogP) is -0.520. The van der Waals surface area contributed by atoms with Gasteiger partial charge in [0.1, 0.15) is 18.0 Å². The van der Waals surface area contributed by atoms with Crippen LogP contribution in [0.5, 0.6) is 5.75 Å². The summed E-state index contributed by atoms with van der Waals surface area (Å²) in [5.74, 6) is -0.436. The number of nitrogen functional groups attached to an aromatic ring is 1. The second kappa shape index (κ2) is 3.73. The van der Waals surface area contributed by atoms with Gasteiger partial charge in [-0.15, -0.1) is 0 Å². The Hall–Kier alpha value is -2.24. The van der Waals surface area contributed by atoms with E-state index in [1.54, 1.807) is 18.2 Å². The summed E-state index contributed by atoms with van der Waals surface area (Å²) in [4.78, 5) is 23.7. The number of benzene rings is 1. The number of primary amides is 1. The van der Waals surface area contributed by atoms with Crippen molar-refractivity contribution in [3.63, 3.8) is 0 Å². The van der Waals surface area contributed by atoms with Crippen molar-refractivity contribution in [2.24, 2.45) is 5.73 Å². The molecule has 16 heavy (non-hydrogen) atoms. The predicted molar refractivity (Wildman–Crippen MR) is 57.9 cm³/mol. The number of rotatable bonds is 2. The van der Waals surface area contributed by atoms with E-state index in [0.29, 0.717) is 17.1 Å². The van der Waals surface area contributed by atoms with Crippen LogP contribution in [0.4, 0.5) is 11.4 Å². The lowest BCUT2D eigenvalue weighted by molar-refractivity contribution is -0.124. The topological polar surface area (TPSA) is 98.7 Å². The van der Waals surface area contributed by atoms with E-state index in [9.17, 15) is 9.59 Å². The second-order valence-electron chi connectivity index (χ2n) is 3.43. The Morgan fingerprint density at radius 1 is 1.50 bits per heavy atom. The summed E-state index contributed by atoms with van der Waals surface area (Å²) >= 11 is 0. The first kappa shape index (κ1) is 10.3. The fraction of sp³-hybridized carbons (Fsp3) is 0.200. The van der Waals surface area contributed by atoms with Gasteiger partial charge in [-0.25, -0.2) is 0 Å². The summed E-state index contributed by atoms with van der Waals surface area (Å²) in [5, 5.41) is 0. The fourth-order valence-corrected chi connectivity index (χ4v) is 1.61. The van der Waals surface area contributed by atoms with E-state index in [1.165, 1.54) is 4.90 Å². The van der Waals surface area contributed by atoms with Gasteiger partial charge in [-0.3, -0.25) is 14.5 Å². The normalized spacial score (nSPS) is 14.2. The molecule has 0 bridgehead atoms. The number of nitrogens with zero attached hydrogens (tertiary/aromatic N) is 1. The van der Waals surface area contributed by atoms with E-state index in [-0.39, 0.29) is 19.1 Å². The van der Waals surface area contributed by atoms with Crippen LogP contribution < -0.4 is 21.1 Å². The number of nitrogens with two attached hydrogens (primary N) is 2. The minimum absolute atomic E-state index is 0.107. The third-order valence-electron chi connectivity index (χ3n) is 2.27. The number of para-hydroxylation sites is 1. The van der Waals surface area contributed by atoms with Crippen LogP contribution >= 0.6 is 0 Å². The van der Waals surface area contributed by atoms with Gasteiger partial charge in [-0.05, 0) is 12.1 Å². The van der Waals surface area contributed by atoms with E-state index in [4.69, 9.17) is 16.2 Å². The minimum Gasteiger partial charge on any atom is -0.481 e. The Morgan fingerprint density at radius 3 is 2.94 bits per heavy atom. The van der Waals surface area contributed by atoms with Gasteiger partial charge in [0.25, 0.3) is 5.91 Å². The van der Waals surface area contributed by atoms with Gasteiger partial charge in [0, 0.05) is 0 Å². The number of carbonyl (C=O) groups is 2. The number of anilines is 2. The van der Waals surface area contributed by atoms with Crippen molar-refractivity contribution < 1.29 is 14.3 Å². The maximum absolute atomic E-state index is 11.6. The summed E-state index contributed by atoms with van der Waals surface area (Å²) < 4.78 is 5.21. The second-order valence-corrected chi connectivity index (χ2v) is 3.43. The van der Waals surface area contributed by atoms with Gasteiger partial charge in [-0.2, -0.15) is 0 Å². The third-order valence-corrected chi connectivity index (χ3v) is 2.27. The molecule has 0 saturated heterocycles. The number of fused-ring (bicyclic) bond motifs is 1. The lowest BCUT2D eigenvalue weighted by atomic mass is 10.2. The molecule has 6 nitrogen and oxygen atoms in total. The standard InChI is InChI=1S/C10H11N3O3/c11-6-2-1-3-7-10(6)13(4-8(12)14)9(15)5-16-7/h1-3H,4-5,11H2,(H2,12,14). The summed E-state index contributed by atoms with van der Waals surface area (Å²) in [5.41, 5.74) is 11.6. The molecule has 0 saturated carbocycles. The molecule has 1 aromatic rings. The minimum atomic E-state index is -0.593. The van der Waals surface area contributed by atoms with E-state index in [0.717, 1.165) is 0 Å². The molecule has 1 aliphatic heterocycles. The largest absolute Gasteiger partial charge is 0.481 e. The average molecular weight is 221 g/mol. The first-order valence-electron chi connectivity index (χ1n) is 4.69. The van der Waals surface area contributed by atoms with Gasteiger partial charge in [0.05, 0.1) is 5.69 Å². The zero-order valence-electron chi connectivity index (χ0n) is 8.47. The van der Waals surface area contributed by atoms with Gasteiger partial charge < -0.3 is 16.2 Å². The van der Waals surface area contributed by atoms with Crippen LogP contribution in [0.1, 0.15) is 0 Å². The molecule has 84 valence electrons. The monoisotopic (exact) mass is 221 g/mol. The molecular weight excluding hydrogens is 210 g/mol. The van der Waals surface area contributed by atoms with Crippen LogP contribution in [0, 0.1) is 0 Å². The molecule has 0 unspecified atom stereocenters. The Morgan fingerprint density at radius 2 is 2.25 bits per heavy atom. The maximum atomic E-state index is 11.6. The Balaban J connectivity index is 2.46. The van der Waals surface area contributed by atoms with Crippen LogP contribution in [0.3, 0.4) is 0 Å². The molecular formula is C10H11N3O3. The van der Waals surface area contributed by atoms with Crippen LogP contribution in [-0.2, 0) is 9.59 Å². The highest BCUT2D eigenvalue weighted by Gasteiger charge is 2.28. The molecule has 6 heteroatoms. The van der Waals surface area contributed by atoms with Crippen LogP contribution in [-0.4, -0.2) is 25.0 Å². The summed E-state index contributed by atoms with van der Waals surface area (Å²) in [6.07, 6.45) is 0. The van der Waals surface area contributed by atoms with Gasteiger partial charge in [0.2, 0.25) is 5.91 Å². The van der Waals surface area contributed by atoms with Crippen molar-refractivity contribution >= 4 is 23.2 Å². The van der Waals surface area contributed by atoms with Crippen molar-refractivity contribution in [2.45, 2.75) is 0 Å². The number of carbonyl (C=O) groups excluding carboxylic acids is 2. The van der Waals surface area contributed by atoms with E-state index in [2.05, 4.69) is 0 Å². The smallest absolute Gasteiger partial charge is 0.265 e. The summed E-state index contributed by atoms with van der Waals surface area (Å²) in [6, 6.07) is 5.04. The zero-order valence-corrected chi connectivity index (χ0v) is 8.47. The van der Waals surface area contributed by atoms with Gasteiger partial charge in [0.15, 0.2) is 6.61 Å². The molecule has 0 fully saturated rings.